The molecule has 0 saturated heterocycles. The average molecular weight is 465 g/mol. The van der Waals surface area contributed by atoms with Crippen LogP contribution in [0.3, 0.4) is 0 Å². The number of H-pyrrole nitrogens is 1. The number of benzene rings is 3. The summed E-state index contributed by atoms with van der Waals surface area (Å²) >= 11 is 7.24. The maximum atomic E-state index is 13.3. The number of hydrogen-bond acceptors (Lipinski definition) is 5. The van der Waals surface area contributed by atoms with Crippen molar-refractivity contribution in [3.05, 3.63) is 89.4 Å². The Morgan fingerprint density at radius 2 is 1.78 bits per heavy atom. The number of nitrogens with one attached hydrogen (secondary N) is 2. The van der Waals surface area contributed by atoms with Crippen LogP contribution in [-0.4, -0.2) is 27.7 Å². The van der Waals surface area contributed by atoms with Gasteiger partial charge in [0, 0.05) is 10.6 Å². The summed E-state index contributed by atoms with van der Waals surface area (Å²) in [4.78, 5) is 17.9. The van der Waals surface area contributed by atoms with Crippen molar-refractivity contribution in [3.63, 3.8) is 0 Å². The lowest BCUT2D eigenvalue weighted by molar-refractivity contribution is -0.115. The molecular weight excluding hydrogens is 444 g/mol. The molecule has 6 nitrogen and oxygen atoms in total. The molecule has 1 heterocycles. The minimum atomic E-state index is -0.556. The molecular formula is C24H21ClN4O2S. The first kappa shape index (κ1) is 21.9. The van der Waals surface area contributed by atoms with E-state index >= 15 is 0 Å². The molecule has 4 rings (SSSR count). The van der Waals surface area contributed by atoms with Crippen LogP contribution in [-0.2, 0) is 4.79 Å². The molecule has 162 valence electrons. The lowest BCUT2D eigenvalue weighted by Crippen LogP contribution is -2.19. The summed E-state index contributed by atoms with van der Waals surface area (Å²) in [7, 11) is 0. The maximum Gasteiger partial charge on any atom is 0.242 e. The van der Waals surface area contributed by atoms with Gasteiger partial charge in [-0.25, -0.2) is 4.98 Å². The number of carbonyl (C=O) groups excluding carboxylic acids is 1. The lowest BCUT2D eigenvalue weighted by Gasteiger charge is -2.17. The van der Waals surface area contributed by atoms with E-state index < -0.39 is 5.25 Å². The molecule has 3 aromatic carbocycles. The smallest absolute Gasteiger partial charge is 0.242 e. The summed E-state index contributed by atoms with van der Waals surface area (Å²) in [6.45, 7) is 2.41. The van der Waals surface area contributed by atoms with E-state index in [0.29, 0.717) is 34.0 Å². The minimum Gasteiger partial charge on any atom is -0.492 e. The number of halogens is 1. The Bertz CT molecular complexity index is 1180. The van der Waals surface area contributed by atoms with Crippen molar-refractivity contribution in [2.24, 2.45) is 0 Å². The normalized spacial score (nSPS) is 11.7. The van der Waals surface area contributed by atoms with E-state index in [4.69, 9.17) is 16.3 Å². The summed E-state index contributed by atoms with van der Waals surface area (Å²) in [5.74, 6) is 1.05. The third-order valence-electron chi connectivity index (χ3n) is 4.59. The summed E-state index contributed by atoms with van der Waals surface area (Å²) in [5, 5.41) is 10.8. The molecule has 8 heteroatoms. The number of amides is 1. The summed E-state index contributed by atoms with van der Waals surface area (Å²) in [6.07, 6.45) is 0. The van der Waals surface area contributed by atoms with E-state index in [2.05, 4.69) is 20.5 Å². The maximum absolute atomic E-state index is 13.3. The predicted molar refractivity (Wildman–Crippen MR) is 128 cm³/mol. The Hall–Kier alpha value is -3.29. The first-order chi connectivity index (χ1) is 15.6. The monoisotopic (exact) mass is 464 g/mol. The highest BCUT2D eigenvalue weighted by Gasteiger charge is 2.25. The van der Waals surface area contributed by atoms with Crippen LogP contribution in [0, 0.1) is 0 Å². The van der Waals surface area contributed by atoms with Crippen molar-refractivity contribution in [1.29, 1.82) is 0 Å². The third-order valence-corrected chi connectivity index (χ3v) is 5.96. The molecule has 0 fully saturated rings. The van der Waals surface area contributed by atoms with Crippen molar-refractivity contribution >= 4 is 35.0 Å². The quantitative estimate of drug-likeness (QED) is 0.313. The number of ether oxygens (including phenoxy) is 1. The van der Waals surface area contributed by atoms with Gasteiger partial charge < -0.3 is 10.1 Å². The summed E-state index contributed by atoms with van der Waals surface area (Å²) in [6, 6.07) is 24.3. The Kier molecular flexibility index (Phi) is 7.09. The van der Waals surface area contributed by atoms with Gasteiger partial charge in [-0.15, -0.1) is 5.10 Å². The SMILES string of the molecule is CCOc1ccccc1NC(=O)C(Sc1n[nH]c(-c2ccc(Cl)cc2)n1)c1ccccc1. The van der Waals surface area contributed by atoms with Crippen molar-refractivity contribution in [1.82, 2.24) is 15.2 Å². The van der Waals surface area contributed by atoms with Gasteiger partial charge >= 0.3 is 0 Å². The van der Waals surface area contributed by atoms with E-state index in [1.54, 1.807) is 12.1 Å². The number of anilines is 1. The Labute approximate surface area is 195 Å². The molecule has 0 bridgehead atoms. The molecule has 1 unspecified atom stereocenters. The van der Waals surface area contributed by atoms with E-state index in [1.165, 1.54) is 11.8 Å². The van der Waals surface area contributed by atoms with E-state index in [0.717, 1.165) is 11.1 Å². The van der Waals surface area contributed by atoms with Crippen LogP contribution in [0.2, 0.25) is 5.02 Å². The van der Waals surface area contributed by atoms with Gasteiger partial charge in [0.25, 0.3) is 0 Å². The summed E-state index contributed by atoms with van der Waals surface area (Å²) in [5.41, 5.74) is 2.33. The van der Waals surface area contributed by atoms with Gasteiger partial charge in [-0.2, -0.15) is 0 Å². The van der Waals surface area contributed by atoms with Crippen molar-refractivity contribution < 1.29 is 9.53 Å². The number of hydrogen-bond donors (Lipinski definition) is 2. The second kappa shape index (κ2) is 10.3. The molecule has 0 aliphatic rings. The van der Waals surface area contributed by atoms with Gasteiger partial charge in [-0.3, -0.25) is 9.89 Å². The van der Waals surface area contributed by atoms with Gasteiger partial charge in [-0.05, 0) is 48.9 Å². The zero-order valence-electron chi connectivity index (χ0n) is 17.3. The van der Waals surface area contributed by atoms with Crippen molar-refractivity contribution in [2.75, 3.05) is 11.9 Å². The van der Waals surface area contributed by atoms with Crippen LogP contribution in [0.1, 0.15) is 17.7 Å². The summed E-state index contributed by atoms with van der Waals surface area (Å²) < 4.78 is 5.64. The molecule has 0 spiro atoms. The molecule has 0 radical (unpaired) electrons. The minimum absolute atomic E-state index is 0.189. The number of para-hydroxylation sites is 2. The first-order valence-corrected chi connectivity index (χ1v) is 11.3. The fourth-order valence-electron chi connectivity index (χ4n) is 3.09. The van der Waals surface area contributed by atoms with Gasteiger partial charge in [0.15, 0.2) is 5.82 Å². The number of rotatable bonds is 8. The fraction of sp³-hybridized carbons (Fsp3) is 0.125. The number of thioether (sulfide) groups is 1. The molecule has 0 aliphatic heterocycles. The standard InChI is InChI=1S/C24H21ClN4O2S/c1-2-31-20-11-7-6-10-19(20)26-23(30)21(16-8-4-3-5-9-16)32-24-27-22(28-29-24)17-12-14-18(25)15-13-17/h3-15,21H,2H2,1H3,(H,26,30)(H,27,28,29). The molecule has 4 aromatic rings. The highest BCUT2D eigenvalue weighted by molar-refractivity contribution is 8.00. The van der Waals surface area contributed by atoms with Gasteiger partial charge in [0.1, 0.15) is 11.0 Å². The largest absolute Gasteiger partial charge is 0.492 e. The number of nitrogens with zero attached hydrogens (tertiary/aromatic N) is 2. The second-order valence-corrected chi connectivity index (χ2v) is 8.31. The zero-order valence-corrected chi connectivity index (χ0v) is 18.9. The molecule has 32 heavy (non-hydrogen) atoms. The van der Waals surface area contributed by atoms with E-state index in [-0.39, 0.29) is 5.91 Å². The Morgan fingerprint density at radius 1 is 1.06 bits per heavy atom. The fourth-order valence-corrected chi connectivity index (χ4v) is 4.13. The van der Waals surface area contributed by atoms with E-state index in [9.17, 15) is 4.79 Å². The van der Waals surface area contributed by atoms with Crippen LogP contribution in [0.25, 0.3) is 11.4 Å². The molecule has 0 saturated carbocycles. The Morgan fingerprint density at radius 3 is 2.53 bits per heavy atom. The Balaban J connectivity index is 1.58. The van der Waals surface area contributed by atoms with Gasteiger partial charge in [-0.1, -0.05) is 65.8 Å². The lowest BCUT2D eigenvalue weighted by atomic mass is 10.1. The van der Waals surface area contributed by atoms with Crippen LogP contribution in [0.15, 0.2) is 84.0 Å². The van der Waals surface area contributed by atoms with Gasteiger partial charge in [0.05, 0.1) is 12.3 Å². The number of aromatic nitrogens is 3. The molecule has 1 amide bonds. The zero-order chi connectivity index (χ0) is 22.3. The molecule has 2 N–H and O–H groups in total. The molecule has 0 aliphatic carbocycles. The average Bonchev–Trinajstić information content (AvgIpc) is 3.29. The predicted octanol–water partition coefficient (Wildman–Crippen LogP) is 6.00. The molecule has 1 aromatic heterocycles. The van der Waals surface area contributed by atoms with Crippen LogP contribution < -0.4 is 10.1 Å². The van der Waals surface area contributed by atoms with Crippen LogP contribution in [0.5, 0.6) is 5.75 Å². The molecule has 1 atom stereocenters. The third kappa shape index (κ3) is 5.30. The van der Waals surface area contributed by atoms with Crippen LogP contribution >= 0.6 is 23.4 Å². The van der Waals surface area contributed by atoms with Gasteiger partial charge in [0.2, 0.25) is 11.1 Å². The number of aromatic amines is 1. The van der Waals surface area contributed by atoms with E-state index in [1.807, 2.05) is 73.7 Å². The van der Waals surface area contributed by atoms with Crippen LogP contribution in [0.4, 0.5) is 5.69 Å². The van der Waals surface area contributed by atoms with Crippen molar-refractivity contribution in [2.45, 2.75) is 17.3 Å². The highest BCUT2D eigenvalue weighted by atomic mass is 35.5. The number of carbonyl (C=O) groups is 1. The second-order valence-electron chi connectivity index (χ2n) is 6.80. The first-order valence-electron chi connectivity index (χ1n) is 10.1. The topological polar surface area (TPSA) is 79.9 Å². The highest BCUT2D eigenvalue weighted by Crippen LogP contribution is 2.36. The van der Waals surface area contributed by atoms with Crippen molar-refractivity contribution in [3.8, 4) is 17.1 Å².